The minimum Gasteiger partial charge on any atom is -0.495 e. The molecule has 2 aromatic carbocycles. The van der Waals surface area contributed by atoms with Crippen LogP contribution in [0.25, 0.3) is 0 Å². The maximum atomic E-state index is 12.2. The minimum atomic E-state index is -0.148. The van der Waals surface area contributed by atoms with Crippen LogP contribution < -0.4 is 15.3 Å². The van der Waals surface area contributed by atoms with Crippen molar-refractivity contribution in [2.45, 2.75) is 13.0 Å². The molecule has 0 amide bonds. The number of nitrogens with one attached hydrogen (secondary N) is 1. The van der Waals surface area contributed by atoms with Gasteiger partial charge in [0, 0.05) is 39.1 Å². The fourth-order valence-electron chi connectivity index (χ4n) is 3.75. The first-order valence-corrected chi connectivity index (χ1v) is 10.0. The van der Waals surface area contributed by atoms with Crippen LogP contribution >= 0.6 is 0 Å². The number of hydrogen-bond acceptors (Lipinski definition) is 5. The van der Waals surface area contributed by atoms with Crippen molar-refractivity contribution in [1.82, 2.24) is 19.7 Å². The number of methoxy groups -OCH3 is 1. The van der Waals surface area contributed by atoms with E-state index in [2.05, 4.69) is 25.9 Å². The minimum absolute atomic E-state index is 0.148. The van der Waals surface area contributed by atoms with E-state index < -0.39 is 0 Å². The van der Waals surface area contributed by atoms with Crippen LogP contribution in [0.15, 0.2) is 59.4 Å². The van der Waals surface area contributed by atoms with Gasteiger partial charge in [-0.3, -0.25) is 9.88 Å². The molecule has 2 heterocycles. The summed E-state index contributed by atoms with van der Waals surface area (Å²) in [4.78, 5) is 19.8. The van der Waals surface area contributed by atoms with Crippen molar-refractivity contribution in [3.8, 4) is 5.75 Å². The first-order chi connectivity index (χ1) is 14.2. The molecule has 0 unspecified atom stereocenters. The lowest BCUT2D eigenvalue weighted by molar-refractivity contribution is 0.258. The monoisotopic (exact) mass is 393 g/mol. The van der Waals surface area contributed by atoms with Gasteiger partial charge in [-0.25, -0.2) is 9.48 Å². The number of benzene rings is 2. The molecule has 4 rings (SSSR count). The maximum Gasteiger partial charge on any atom is 0.343 e. The zero-order chi connectivity index (χ0) is 20.1. The molecular formula is C22H27N5O2. The molecular weight excluding hydrogens is 366 g/mol. The van der Waals surface area contributed by atoms with Crippen LogP contribution in [0, 0.1) is 0 Å². The Labute approximate surface area is 170 Å². The third kappa shape index (κ3) is 4.68. The van der Waals surface area contributed by atoms with Crippen molar-refractivity contribution in [2.24, 2.45) is 0 Å². The molecule has 0 saturated carbocycles. The van der Waals surface area contributed by atoms with Gasteiger partial charge in [0.2, 0.25) is 0 Å². The summed E-state index contributed by atoms with van der Waals surface area (Å²) in [5.74, 6) is 1.67. The number of ether oxygens (including phenoxy) is 1. The van der Waals surface area contributed by atoms with Crippen LogP contribution in [0.5, 0.6) is 5.75 Å². The molecule has 1 aliphatic heterocycles. The highest BCUT2D eigenvalue weighted by Crippen LogP contribution is 2.28. The second-order valence-corrected chi connectivity index (χ2v) is 7.27. The van der Waals surface area contributed by atoms with E-state index >= 15 is 0 Å². The summed E-state index contributed by atoms with van der Waals surface area (Å²) >= 11 is 0. The van der Waals surface area contributed by atoms with E-state index in [9.17, 15) is 4.79 Å². The molecule has 3 aromatic rings. The Morgan fingerprint density at radius 2 is 1.72 bits per heavy atom. The Morgan fingerprint density at radius 1 is 1.00 bits per heavy atom. The SMILES string of the molecule is COc1ccccc1N1CCN(CCc2nn(Cc3ccccc3)c(=O)[nH]2)CC1. The summed E-state index contributed by atoms with van der Waals surface area (Å²) in [6.45, 7) is 5.25. The van der Waals surface area contributed by atoms with Crippen molar-refractivity contribution in [3.05, 3.63) is 76.5 Å². The van der Waals surface area contributed by atoms with Gasteiger partial charge < -0.3 is 9.64 Å². The van der Waals surface area contributed by atoms with Crippen molar-refractivity contribution in [1.29, 1.82) is 0 Å². The Kier molecular flexibility index (Phi) is 5.95. The van der Waals surface area contributed by atoms with Gasteiger partial charge in [-0.15, -0.1) is 0 Å². The lowest BCUT2D eigenvalue weighted by atomic mass is 10.2. The quantitative estimate of drug-likeness (QED) is 0.665. The Morgan fingerprint density at radius 3 is 2.48 bits per heavy atom. The fourth-order valence-corrected chi connectivity index (χ4v) is 3.75. The Bertz CT molecular complexity index is 974. The van der Waals surface area contributed by atoms with Crippen LogP contribution in [0.2, 0.25) is 0 Å². The van der Waals surface area contributed by atoms with Crippen molar-refractivity contribution >= 4 is 5.69 Å². The molecule has 0 radical (unpaired) electrons. The van der Waals surface area contributed by atoms with E-state index in [1.807, 2.05) is 48.5 Å². The average molecular weight is 393 g/mol. The van der Waals surface area contributed by atoms with Crippen LogP contribution in [0.4, 0.5) is 5.69 Å². The van der Waals surface area contributed by atoms with Gasteiger partial charge in [0.05, 0.1) is 19.3 Å². The Hall–Kier alpha value is -3.06. The van der Waals surface area contributed by atoms with E-state index in [0.29, 0.717) is 6.54 Å². The van der Waals surface area contributed by atoms with Gasteiger partial charge in [0.25, 0.3) is 0 Å². The van der Waals surface area contributed by atoms with Gasteiger partial charge in [-0.2, -0.15) is 5.10 Å². The second kappa shape index (κ2) is 8.96. The van der Waals surface area contributed by atoms with Crippen LogP contribution in [-0.4, -0.2) is 59.5 Å². The van der Waals surface area contributed by atoms with Gasteiger partial charge in [-0.05, 0) is 17.7 Å². The van der Waals surface area contributed by atoms with E-state index in [1.165, 1.54) is 4.68 Å². The van der Waals surface area contributed by atoms with Gasteiger partial charge in [0.15, 0.2) is 0 Å². The van der Waals surface area contributed by atoms with Crippen LogP contribution in [0.1, 0.15) is 11.4 Å². The second-order valence-electron chi connectivity index (χ2n) is 7.27. The number of hydrogen-bond donors (Lipinski definition) is 1. The third-order valence-corrected chi connectivity index (χ3v) is 5.37. The molecule has 152 valence electrons. The van der Waals surface area contributed by atoms with Crippen LogP contribution in [0.3, 0.4) is 0 Å². The normalized spacial score (nSPS) is 14.9. The number of para-hydroxylation sites is 2. The summed E-state index contributed by atoms with van der Waals surface area (Å²) in [5.41, 5.74) is 2.07. The number of aromatic amines is 1. The van der Waals surface area contributed by atoms with E-state index in [1.54, 1.807) is 7.11 Å². The summed E-state index contributed by atoms with van der Waals surface area (Å²) in [6.07, 6.45) is 0.742. The molecule has 1 aromatic heterocycles. The number of H-pyrrole nitrogens is 1. The molecule has 0 aliphatic carbocycles. The average Bonchev–Trinajstić information content (AvgIpc) is 3.12. The number of rotatable bonds is 7. The van der Waals surface area contributed by atoms with E-state index in [-0.39, 0.29) is 5.69 Å². The molecule has 7 heteroatoms. The molecule has 1 aliphatic rings. The maximum absolute atomic E-state index is 12.2. The Balaban J connectivity index is 1.30. The first-order valence-electron chi connectivity index (χ1n) is 10.0. The highest BCUT2D eigenvalue weighted by atomic mass is 16.5. The number of aromatic nitrogens is 3. The number of piperazine rings is 1. The molecule has 0 bridgehead atoms. The van der Waals surface area contributed by atoms with E-state index in [4.69, 9.17) is 4.74 Å². The predicted molar refractivity (Wildman–Crippen MR) is 114 cm³/mol. The predicted octanol–water partition coefficient (Wildman–Crippen LogP) is 1.99. The lowest BCUT2D eigenvalue weighted by Gasteiger charge is -2.36. The molecule has 0 atom stereocenters. The summed E-state index contributed by atoms with van der Waals surface area (Å²) in [6, 6.07) is 18.1. The number of anilines is 1. The summed E-state index contributed by atoms with van der Waals surface area (Å²) < 4.78 is 6.99. The largest absolute Gasteiger partial charge is 0.495 e. The fraction of sp³-hybridized carbons (Fsp3) is 0.364. The zero-order valence-corrected chi connectivity index (χ0v) is 16.8. The van der Waals surface area contributed by atoms with Gasteiger partial charge in [-0.1, -0.05) is 42.5 Å². The van der Waals surface area contributed by atoms with E-state index in [0.717, 1.165) is 62.0 Å². The van der Waals surface area contributed by atoms with Crippen molar-refractivity contribution in [2.75, 3.05) is 44.7 Å². The standard InChI is InChI=1S/C22H27N5O2/c1-29-20-10-6-5-9-19(20)26-15-13-25(14-16-26)12-11-21-23-22(28)27(24-21)17-18-7-3-2-4-8-18/h2-10H,11-17H2,1H3,(H,23,24,28). The smallest absolute Gasteiger partial charge is 0.343 e. The summed E-state index contributed by atoms with van der Waals surface area (Å²) in [5, 5.41) is 4.47. The molecule has 0 spiro atoms. The molecule has 29 heavy (non-hydrogen) atoms. The third-order valence-electron chi connectivity index (χ3n) is 5.37. The highest BCUT2D eigenvalue weighted by molar-refractivity contribution is 5.58. The van der Waals surface area contributed by atoms with Crippen LogP contribution in [-0.2, 0) is 13.0 Å². The zero-order valence-electron chi connectivity index (χ0n) is 16.8. The summed E-state index contributed by atoms with van der Waals surface area (Å²) in [7, 11) is 1.72. The highest BCUT2D eigenvalue weighted by Gasteiger charge is 2.19. The molecule has 1 fully saturated rings. The lowest BCUT2D eigenvalue weighted by Crippen LogP contribution is -2.47. The number of nitrogens with zero attached hydrogens (tertiary/aromatic N) is 4. The first kappa shape index (κ1) is 19.3. The van der Waals surface area contributed by atoms with Gasteiger partial charge in [0.1, 0.15) is 11.6 Å². The van der Waals surface area contributed by atoms with Crippen molar-refractivity contribution < 1.29 is 4.74 Å². The van der Waals surface area contributed by atoms with Crippen molar-refractivity contribution in [3.63, 3.8) is 0 Å². The molecule has 1 N–H and O–H groups in total. The van der Waals surface area contributed by atoms with Gasteiger partial charge >= 0.3 is 5.69 Å². The molecule has 7 nitrogen and oxygen atoms in total. The topological polar surface area (TPSA) is 66.4 Å². The molecule has 1 saturated heterocycles.